The molecule has 0 spiro atoms. The Kier molecular flexibility index (Phi) is 5.71. The average Bonchev–Trinajstić information content (AvgIpc) is 3.52. The van der Waals surface area contributed by atoms with Crippen molar-refractivity contribution in [2.24, 2.45) is 0 Å². The normalized spacial score (nSPS) is 13.4. The highest BCUT2D eigenvalue weighted by Gasteiger charge is 2.34. The predicted octanol–water partition coefficient (Wildman–Crippen LogP) is 3.24. The summed E-state index contributed by atoms with van der Waals surface area (Å²) in [7, 11) is 0. The number of carbonyl (C=O) groups is 2. The van der Waals surface area contributed by atoms with E-state index >= 15 is 0 Å². The van der Waals surface area contributed by atoms with Crippen LogP contribution in [0.2, 0.25) is 0 Å². The summed E-state index contributed by atoms with van der Waals surface area (Å²) in [6, 6.07) is 9.69. The Bertz CT molecular complexity index is 1150. The van der Waals surface area contributed by atoms with Gasteiger partial charge in [0.05, 0.1) is 23.1 Å². The van der Waals surface area contributed by atoms with Crippen LogP contribution in [0.3, 0.4) is 0 Å². The lowest BCUT2D eigenvalue weighted by molar-refractivity contribution is -0.137. The van der Waals surface area contributed by atoms with E-state index in [1.807, 2.05) is 0 Å². The van der Waals surface area contributed by atoms with Gasteiger partial charge in [0.25, 0.3) is 0 Å². The highest BCUT2D eigenvalue weighted by Crippen LogP contribution is 2.27. The number of carbonyl (C=O) groups excluding carboxylic acids is 2. The van der Waals surface area contributed by atoms with Gasteiger partial charge in [-0.05, 0) is 44.4 Å². The van der Waals surface area contributed by atoms with Crippen LogP contribution in [0.5, 0.6) is 0 Å². The van der Waals surface area contributed by atoms with Crippen molar-refractivity contribution in [2.75, 3.05) is 6.54 Å². The number of nitrogens with zero attached hydrogens (tertiary/aromatic N) is 3. The number of aryl methyl sites for hydroxylation is 2. The minimum Gasteiger partial charge on any atom is -0.350 e. The fraction of sp³-hybridized carbons (Fsp3) is 0.348. The fourth-order valence-corrected chi connectivity index (χ4v) is 3.77. The Morgan fingerprint density at radius 2 is 1.90 bits per heavy atom. The first-order valence-electron chi connectivity index (χ1n) is 10.3. The molecule has 0 saturated heterocycles. The second-order valence-electron chi connectivity index (χ2n) is 7.95. The van der Waals surface area contributed by atoms with Crippen LogP contribution in [0.25, 0.3) is 10.9 Å². The molecule has 1 saturated carbocycles. The van der Waals surface area contributed by atoms with E-state index in [0.717, 1.165) is 12.8 Å². The molecule has 2 aromatic carbocycles. The Labute approximate surface area is 178 Å². The molecule has 1 aliphatic carbocycles. The van der Waals surface area contributed by atoms with E-state index in [9.17, 15) is 18.4 Å². The second kappa shape index (κ2) is 8.45. The number of fused-ring (bicyclic) bond motifs is 1. The van der Waals surface area contributed by atoms with E-state index in [-0.39, 0.29) is 49.1 Å². The maximum absolute atomic E-state index is 14.1. The summed E-state index contributed by atoms with van der Waals surface area (Å²) in [4.78, 5) is 27.0. The number of hydrogen-bond donors (Lipinski definition) is 1. The molecular weight excluding hydrogens is 402 g/mol. The van der Waals surface area contributed by atoms with Crippen molar-refractivity contribution in [3.63, 3.8) is 0 Å². The van der Waals surface area contributed by atoms with Gasteiger partial charge in [-0.15, -0.1) is 0 Å². The second-order valence-corrected chi connectivity index (χ2v) is 7.95. The lowest BCUT2D eigenvalue weighted by Gasteiger charge is -2.22. The SMILES string of the molecule is Cc1cccc(CNC(=O)CN(C(=O)Cn2nc(C)c3c(F)cccc32)C2CC2)c1F. The zero-order valence-corrected chi connectivity index (χ0v) is 17.5. The first kappa shape index (κ1) is 21.0. The number of halogens is 2. The maximum Gasteiger partial charge on any atom is 0.245 e. The quantitative estimate of drug-likeness (QED) is 0.631. The number of nitrogens with one attached hydrogen (secondary N) is 1. The molecule has 1 aliphatic rings. The standard InChI is InChI=1S/C23H24F2N4O2/c1-14-5-3-6-16(23(14)25)11-26-20(30)12-28(17-9-10-17)21(31)13-29-19-8-4-7-18(24)22(19)15(2)27-29/h3-8,17H,9-13H2,1-2H3,(H,26,30). The molecule has 4 rings (SSSR count). The molecule has 3 aromatic rings. The van der Waals surface area contributed by atoms with E-state index in [4.69, 9.17) is 0 Å². The van der Waals surface area contributed by atoms with Crippen molar-refractivity contribution >= 4 is 22.7 Å². The molecule has 0 atom stereocenters. The summed E-state index contributed by atoms with van der Waals surface area (Å²) in [6.45, 7) is 3.23. The Hall–Kier alpha value is -3.29. The third-order valence-electron chi connectivity index (χ3n) is 5.56. The van der Waals surface area contributed by atoms with Crippen LogP contribution in [0.1, 0.15) is 29.7 Å². The zero-order chi connectivity index (χ0) is 22.1. The molecule has 1 N–H and O–H groups in total. The fourth-order valence-electron chi connectivity index (χ4n) is 3.77. The Morgan fingerprint density at radius 3 is 2.65 bits per heavy atom. The van der Waals surface area contributed by atoms with Crippen LogP contribution in [0.15, 0.2) is 36.4 Å². The summed E-state index contributed by atoms with van der Waals surface area (Å²) >= 11 is 0. The van der Waals surface area contributed by atoms with E-state index < -0.39 is 0 Å². The molecule has 0 aliphatic heterocycles. The van der Waals surface area contributed by atoms with Gasteiger partial charge in [-0.25, -0.2) is 8.78 Å². The van der Waals surface area contributed by atoms with E-state index in [0.29, 0.717) is 27.7 Å². The van der Waals surface area contributed by atoms with Crippen LogP contribution < -0.4 is 5.32 Å². The number of benzene rings is 2. The molecule has 0 radical (unpaired) electrons. The summed E-state index contributed by atoms with van der Waals surface area (Å²) in [5.41, 5.74) is 1.97. The van der Waals surface area contributed by atoms with Crippen molar-refractivity contribution in [2.45, 2.75) is 45.8 Å². The zero-order valence-electron chi connectivity index (χ0n) is 17.5. The third kappa shape index (κ3) is 4.42. The van der Waals surface area contributed by atoms with Crippen molar-refractivity contribution < 1.29 is 18.4 Å². The van der Waals surface area contributed by atoms with Gasteiger partial charge < -0.3 is 10.2 Å². The summed E-state index contributed by atoms with van der Waals surface area (Å²) in [5, 5.41) is 7.40. The van der Waals surface area contributed by atoms with Crippen molar-refractivity contribution in [1.29, 1.82) is 0 Å². The molecule has 0 bridgehead atoms. The highest BCUT2D eigenvalue weighted by molar-refractivity contribution is 5.87. The van der Waals surface area contributed by atoms with E-state index in [1.54, 1.807) is 44.2 Å². The lowest BCUT2D eigenvalue weighted by Crippen LogP contribution is -2.43. The van der Waals surface area contributed by atoms with E-state index in [2.05, 4.69) is 10.4 Å². The molecule has 1 heterocycles. The minimum atomic E-state index is -0.379. The molecule has 31 heavy (non-hydrogen) atoms. The number of hydrogen-bond acceptors (Lipinski definition) is 3. The molecule has 1 aromatic heterocycles. The summed E-state index contributed by atoms with van der Waals surface area (Å²) < 4.78 is 29.7. The van der Waals surface area contributed by atoms with Gasteiger partial charge in [0.2, 0.25) is 11.8 Å². The van der Waals surface area contributed by atoms with Crippen molar-refractivity contribution in [3.8, 4) is 0 Å². The topological polar surface area (TPSA) is 67.2 Å². The minimum absolute atomic E-state index is 0.00798. The molecular formula is C23H24F2N4O2. The van der Waals surface area contributed by atoms with Gasteiger partial charge in [-0.1, -0.05) is 24.3 Å². The summed E-state index contributed by atoms with van der Waals surface area (Å²) in [6.07, 6.45) is 1.66. The first-order valence-corrected chi connectivity index (χ1v) is 10.3. The molecule has 1 fully saturated rings. The number of aromatic nitrogens is 2. The third-order valence-corrected chi connectivity index (χ3v) is 5.56. The van der Waals surface area contributed by atoms with Gasteiger partial charge in [-0.2, -0.15) is 5.10 Å². The average molecular weight is 426 g/mol. The van der Waals surface area contributed by atoms with Crippen molar-refractivity contribution in [3.05, 3.63) is 64.9 Å². The highest BCUT2D eigenvalue weighted by atomic mass is 19.1. The van der Waals surface area contributed by atoms with Crippen LogP contribution in [-0.2, 0) is 22.7 Å². The summed E-state index contributed by atoms with van der Waals surface area (Å²) in [5.74, 6) is -1.33. The number of rotatable bonds is 7. The van der Waals surface area contributed by atoms with Gasteiger partial charge in [0.1, 0.15) is 18.2 Å². The molecule has 2 amide bonds. The molecule has 0 unspecified atom stereocenters. The van der Waals surface area contributed by atoms with Gasteiger partial charge in [-0.3, -0.25) is 14.3 Å². The van der Waals surface area contributed by atoms with Crippen molar-refractivity contribution in [1.82, 2.24) is 20.0 Å². The smallest absolute Gasteiger partial charge is 0.245 e. The van der Waals surface area contributed by atoms with Gasteiger partial charge in [0.15, 0.2) is 0 Å². The molecule has 6 nitrogen and oxygen atoms in total. The monoisotopic (exact) mass is 426 g/mol. The predicted molar refractivity (Wildman–Crippen MR) is 112 cm³/mol. The first-order chi connectivity index (χ1) is 14.8. The van der Waals surface area contributed by atoms with E-state index in [1.165, 1.54) is 15.6 Å². The lowest BCUT2D eigenvalue weighted by atomic mass is 10.1. The Balaban J connectivity index is 1.43. The largest absolute Gasteiger partial charge is 0.350 e. The molecule has 162 valence electrons. The number of amides is 2. The maximum atomic E-state index is 14.1. The van der Waals surface area contributed by atoms with Crippen LogP contribution in [-0.4, -0.2) is 39.1 Å². The van der Waals surface area contributed by atoms with Crippen LogP contribution >= 0.6 is 0 Å². The van der Waals surface area contributed by atoms with Gasteiger partial charge >= 0.3 is 0 Å². The Morgan fingerprint density at radius 1 is 1.16 bits per heavy atom. The van der Waals surface area contributed by atoms with Crippen LogP contribution in [0, 0.1) is 25.5 Å². The van der Waals surface area contributed by atoms with Crippen LogP contribution in [0.4, 0.5) is 8.78 Å². The van der Waals surface area contributed by atoms with Gasteiger partial charge in [0, 0.05) is 18.2 Å². The molecule has 8 heteroatoms.